The average molecular weight is 370 g/mol. The standard InChI is InChI=1S/C25H39NO/c1-5-7-8-10-21-12-14-23(15-13-21)24-17-16-22(20(3)19-24)11-9-18-26(4)25(27)6-2/h6,16-17,19,21,23H,2,5,7-15,18H2,1,3-4H3. The normalized spacial score (nSPS) is 19.7. The van der Waals surface area contributed by atoms with Crippen LogP contribution in [0.4, 0.5) is 0 Å². The fourth-order valence-corrected chi connectivity index (χ4v) is 4.49. The summed E-state index contributed by atoms with van der Waals surface area (Å²) in [7, 11) is 1.85. The number of amides is 1. The maximum absolute atomic E-state index is 11.5. The van der Waals surface area contributed by atoms with Crippen molar-refractivity contribution in [2.75, 3.05) is 13.6 Å². The summed E-state index contributed by atoms with van der Waals surface area (Å²) in [6, 6.07) is 7.12. The summed E-state index contributed by atoms with van der Waals surface area (Å²) >= 11 is 0. The maximum Gasteiger partial charge on any atom is 0.245 e. The highest BCUT2D eigenvalue weighted by Crippen LogP contribution is 2.38. The Bertz CT molecular complexity index is 598. The summed E-state index contributed by atoms with van der Waals surface area (Å²) in [4.78, 5) is 13.3. The fourth-order valence-electron chi connectivity index (χ4n) is 4.49. The van der Waals surface area contributed by atoms with Crippen molar-refractivity contribution >= 4 is 5.91 Å². The van der Waals surface area contributed by atoms with Crippen LogP contribution in [-0.4, -0.2) is 24.4 Å². The second kappa shape index (κ2) is 11.3. The van der Waals surface area contributed by atoms with E-state index in [2.05, 4.69) is 38.6 Å². The molecule has 0 unspecified atom stereocenters. The predicted octanol–water partition coefficient (Wildman–Crippen LogP) is 6.43. The van der Waals surface area contributed by atoms with E-state index in [9.17, 15) is 4.79 Å². The molecule has 0 heterocycles. The summed E-state index contributed by atoms with van der Waals surface area (Å²) in [5.41, 5.74) is 4.38. The Kier molecular flexibility index (Phi) is 9.10. The molecular weight excluding hydrogens is 330 g/mol. The van der Waals surface area contributed by atoms with Crippen LogP contribution in [0.2, 0.25) is 0 Å². The van der Waals surface area contributed by atoms with Crippen molar-refractivity contribution in [3.05, 3.63) is 47.5 Å². The first-order chi connectivity index (χ1) is 13.0. The number of carbonyl (C=O) groups is 1. The van der Waals surface area contributed by atoms with Crippen molar-refractivity contribution in [2.24, 2.45) is 5.92 Å². The lowest BCUT2D eigenvalue weighted by molar-refractivity contribution is -0.124. The Morgan fingerprint density at radius 3 is 2.56 bits per heavy atom. The lowest BCUT2D eigenvalue weighted by Crippen LogP contribution is -2.25. The van der Waals surface area contributed by atoms with Gasteiger partial charge in [-0.25, -0.2) is 0 Å². The molecule has 0 atom stereocenters. The SMILES string of the molecule is C=CC(=O)N(C)CCCc1ccc(C2CCC(CCCCC)CC2)cc1C. The Morgan fingerprint density at radius 2 is 1.93 bits per heavy atom. The molecule has 0 spiro atoms. The highest BCUT2D eigenvalue weighted by molar-refractivity contribution is 5.86. The molecule has 2 nitrogen and oxygen atoms in total. The Morgan fingerprint density at radius 1 is 1.19 bits per heavy atom. The smallest absolute Gasteiger partial charge is 0.245 e. The zero-order valence-electron chi connectivity index (χ0n) is 17.8. The zero-order chi connectivity index (χ0) is 19.6. The van der Waals surface area contributed by atoms with Gasteiger partial charge in [-0.3, -0.25) is 4.79 Å². The van der Waals surface area contributed by atoms with Gasteiger partial charge in [0.2, 0.25) is 5.91 Å². The van der Waals surface area contributed by atoms with E-state index in [4.69, 9.17) is 0 Å². The number of carbonyl (C=O) groups excluding carboxylic acids is 1. The van der Waals surface area contributed by atoms with Crippen molar-refractivity contribution in [3.63, 3.8) is 0 Å². The van der Waals surface area contributed by atoms with Crippen LogP contribution < -0.4 is 0 Å². The molecule has 0 aromatic heterocycles. The second-order valence-electron chi connectivity index (χ2n) is 8.47. The van der Waals surface area contributed by atoms with Crippen molar-refractivity contribution < 1.29 is 4.79 Å². The van der Waals surface area contributed by atoms with Crippen LogP contribution in [-0.2, 0) is 11.2 Å². The third-order valence-electron chi connectivity index (χ3n) is 6.39. The number of hydrogen-bond acceptors (Lipinski definition) is 1. The van der Waals surface area contributed by atoms with E-state index in [0.29, 0.717) is 0 Å². The van der Waals surface area contributed by atoms with Crippen molar-refractivity contribution in [2.45, 2.75) is 84.0 Å². The van der Waals surface area contributed by atoms with Crippen LogP contribution in [0.1, 0.15) is 87.3 Å². The van der Waals surface area contributed by atoms with Gasteiger partial charge in [-0.2, -0.15) is 0 Å². The van der Waals surface area contributed by atoms with Gasteiger partial charge < -0.3 is 4.90 Å². The Labute approximate surface area is 167 Å². The molecule has 1 aliphatic rings. The Hall–Kier alpha value is -1.57. The summed E-state index contributed by atoms with van der Waals surface area (Å²) < 4.78 is 0. The molecule has 0 aliphatic heterocycles. The van der Waals surface area contributed by atoms with Crippen LogP contribution in [0.15, 0.2) is 30.9 Å². The summed E-state index contributed by atoms with van der Waals surface area (Å²) in [5.74, 6) is 1.74. The number of hydrogen-bond donors (Lipinski definition) is 0. The molecular formula is C25H39NO. The zero-order valence-corrected chi connectivity index (χ0v) is 17.8. The topological polar surface area (TPSA) is 20.3 Å². The number of benzene rings is 1. The molecule has 27 heavy (non-hydrogen) atoms. The molecule has 0 bridgehead atoms. The van der Waals surface area contributed by atoms with Gasteiger partial charge in [0.15, 0.2) is 0 Å². The van der Waals surface area contributed by atoms with Crippen LogP contribution in [0.5, 0.6) is 0 Å². The van der Waals surface area contributed by atoms with Crippen LogP contribution in [0, 0.1) is 12.8 Å². The van der Waals surface area contributed by atoms with Crippen LogP contribution in [0.25, 0.3) is 0 Å². The van der Waals surface area contributed by atoms with Gasteiger partial charge in [0.25, 0.3) is 0 Å². The maximum atomic E-state index is 11.5. The predicted molar refractivity (Wildman–Crippen MR) is 116 cm³/mol. The third-order valence-corrected chi connectivity index (χ3v) is 6.39. The van der Waals surface area contributed by atoms with Crippen molar-refractivity contribution in [1.82, 2.24) is 4.90 Å². The highest BCUT2D eigenvalue weighted by Gasteiger charge is 2.22. The molecule has 1 fully saturated rings. The molecule has 0 saturated heterocycles. The van der Waals surface area contributed by atoms with E-state index in [1.165, 1.54) is 68.6 Å². The quantitative estimate of drug-likeness (QED) is 0.344. The summed E-state index contributed by atoms with van der Waals surface area (Å²) in [5, 5.41) is 0. The van der Waals surface area contributed by atoms with E-state index in [-0.39, 0.29) is 5.91 Å². The van der Waals surface area contributed by atoms with E-state index < -0.39 is 0 Å². The minimum Gasteiger partial charge on any atom is -0.342 e. The number of unbranched alkanes of at least 4 members (excludes halogenated alkanes) is 2. The third kappa shape index (κ3) is 6.83. The first kappa shape index (κ1) is 21.7. The molecule has 2 heteroatoms. The highest BCUT2D eigenvalue weighted by atomic mass is 16.2. The number of rotatable bonds is 10. The van der Waals surface area contributed by atoms with Crippen LogP contribution in [0.3, 0.4) is 0 Å². The molecule has 1 amide bonds. The molecule has 0 N–H and O–H groups in total. The monoisotopic (exact) mass is 369 g/mol. The summed E-state index contributed by atoms with van der Waals surface area (Å²) in [6.07, 6.45) is 14.6. The number of nitrogens with zero attached hydrogens (tertiary/aromatic N) is 1. The van der Waals surface area contributed by atoms with Crippen molar-refractivity contribution in [3.8, 4) is 0 Å². The van der Waals surface area contributed by atoms with Gasteiger partial charge in [-0.15, -0.1) is 0 Å². The van der Waals surface area contributed by atoms with Gasteiger partial charge in [-0.05, 0) is 80.1 Å². The lowest BCUT2D eigenvalue weighted by atomic mass is 9.76. The molecule has 150 valence electrons. The van der Waals surface area contributed by atoms with Crippen molar-refractivity contribution in [1.29, 1.82) is 0 Å². The van der Waals surface area contributed by atoms with Gasteiger partial charge in [0, 0.05) is 13.6 Å². The molecule has 1 aromatic rings. The average Bonchev–Trinajstić information content (AvgIpc) is 2.69. The van der Waals surface area contributed by atoms with Crippen LogP contribution >= 0.6 is 0 Å². The Balaban J connectivity index is 1.81. The first-order valence-electron chi connectivity index (χ1n) is 11.0. The number of aryl methyl sites for hydroxylation is 2. The van der Waals surface area contributed by atoms with Gasteiger partial charge in [0.05, 0.1) is 0 Å². The number of likely N-dealkylation sites (N-methyl/N-ethyl adjacent to an activating group) is 1. The molecule has 2 rings (SSSR count). The minimum absolute atomic E-state index is 0.00682. The van der Waals surface area contributed by atoms with Gasteiger partial charge in [0.1, 0.15) is 0 Å². The molecule has 1 saturated carbocycles. The van der Waals surface area contributed by atoms with E-state index in [0.717, 1.165) is 31.2 Å². The first-order valence-corrected chi connectivity index (χ1v) is 11.0. The van der Waals surface area contributed by atoms with Gasteiger partial charge in [-0.1, -0.05) is 57.4 Å². The van der Waals surface area contributed by atoms with Gasteiger partial charge >= 0.3 is 0 Å². The molecule has 1 aliphatic carbocycles. The van der Waals surface area contributed by atoms with E-state index >= 15 is 0 Å². The largest absolute Gasteiger partial charge is 0.342 e. The molecule has 1 aromatic carbocycles. The molecule has 0 radical (unpaired) electrons. The lowest BCUT2D eigenvalue weighted by Gasteiger charge is -2.29. The summed E-state index contributed by atoms with van der Waals surface area (Å²) in [6.45, 7) is 8.87. The van der Waals surface area contributed by atoms with E-state index in [1.54, 1.807) is 10.5 Å². The minimum atomic E-state index is 0.00682. The van der Waals surface area contributed by atoms with E-state index in [1.807, 2.05) is 7.05 Å². The second-order valence-corrected chi connectivity index (χ2v) is 8.47. The fraction of sp³-hybridized carbons (Fsp3) is 0.640.